The molecular formula is C13H15N3OS. The maximum Gasteiger partial charge on any atom is 0.261 e. The smallest absolute Gasteiger partial charge is 0.261 e. The van der Waals surface area contributed by atoms with E-state index >= 15 is 0 Å². The lowest BCUT2D eigenvalue weighted by Crippen LogP contribution is -2.21. The summed E-state index contributed by atoms with van der Waals surface area (Å²) in [6.45, 7) is 3.64. The van der Waals surface area contributed by atoms with Crippen LogP contribution in [0.15, 0.2) is 22.1 Å². The Morgan fingerprint density at radius 2 is 2.11 bits per heavy atom. The van der Waals surface area contributed by atoms with Crippen LogP contribution < -0.4 is 5.56 Å². The molecule has 0 amide bonds. The summed E-state index contributed by atoms with van der Waals surface area (Å²) in [7, 11) is 1.72. The van der Waals surface area contributed by atoms with Crippen LogP contribution in [0.2, 0.25) is 0 Å². The molecular weight excluding hydrogens is 246 g/mol. The predicted octanol–water partition coefficient (Wildman–Crippen LogP) is 2.35. The van der Waals surface area contributed by atoms with Crippen LogP contribution in [0.5, 0.6) is 0 Å². The van der Waals surface area contributed by atoms with Gasteiger partial charge in [-0.05, 0) is 37.8 Å². The third kappa shape index (κ3) is 1.95. The van der Waals surface area contributed by atoms with Gasteiger partial charge in [0.25, 0.3) is 5.56 Å². The highest BCUT2D eigenvalue weighted by Gasteiger charge is 2.12. The fourth-order valence-corrected chi connectivity index (χ4v) is 2.51. The quantitative estimate of drug-likeness (QED) is 0.513. The van der Waals surface area contributed by atoms with Crippen LogP contribution in [0.4, 0.5) is 0 Å². The van der Waals surface area contributed by atoms with Crippen molar-refractivity contribution >= 4 is 28.4 Å². The zero-order chi connectivity index (χ0) is 13.4. The minimum absolute atomic E-state index is 0.0597. The molecule has 94 valence electrons. The van der Waals surface area contributed by atoms with Crippen molar-refractivity contribution in [1.29, 1.82) is 5.41 Å². The fraction of sp³-hybridized carbons (Fsp3) is 0.308. The molecule has 0 saturated heterocycles. The first-order valence-electron chi connectivity index (χ1n) is 5.56. The second-order valence-corrected chi connectivity index (χ2v) is 5.07. The molecule has 1 aromatic carbocycles. The van der Waals surface area contributed by atoms with Crippen LogP contribution in [0, 0.1) is 12.3 Å². The minimum atomic E-state index is -0.0597. The van der Waals surface area contributed by atoms with E-state index in [-0.39, 0.29) is 5.56 Å². The maximum atomic E-state index is 12.3. The van der Waals surface area contributed by atoms with Gasteiger partial charge in [-0.3, -0.25) is 9.36 Å². The Labute approximate surface area is 110 Å². The highest BCUT2D eigenvalue weighted by Crippen LogP contribution is 2.20. The Morgan fingerprint density at radius 1 is 1.44 bits per heavy atom. The molecule has 0 fully saturated rings. The third-order valence-corrected chi connectivity index (χ3v) is 3.60. The molecule has 1 heterocycles. The van der Waals surface area contributed by atoms with Crippen molar-refractivity contribution in [2.45, 2.75) is 19.0 Å². The van der Waals surface area contributed by atoms with E-state index < -0.39 is 0 Å². The average Bonchev–Trinajstić information content (AvgIpc) is 2.33. The summed E-state index contributed by atoms with van der Waals surface area (Å²) in [5, 5.41) is 9.06. The van der Waals surface area contributed by atoms with Crippen molar-refractivity contribution in [3.8, 4) is 0 Å². The molecule has 1 aromatic heterocycles. The number of nitrogens with one attached hydrogen (secondary N) is 1. The lowest BCUT2D eigenvalue weighted by Gasteiger charge is -2.10. The van der Waals surface area contributed by atoms with Crippen molar-refractivity contribution in [1.82, 2.24) is 9.55 Å². The van der Waals surface area contributed by atoms with Gasteiger partial charge in [-0.25, -0.2) is 4.98 Å². The molecule has 0 aliphatic heterocycles. The van der Waals surface area contributed by atoms with Crippen LogP contribution in [0.25, 0.3) is 10.9 Å². The second kappa shape index (κ2) is 4.57. The molecule has 0 aliphatic rings. The number of nitrogens with zero attached hydrogens (tertiary/aromatic N) is 2. The number of thioether (sulfide) groups is 1. The molecule has 2 rings (SSSR count). The summed E-state index contributed by atoms with van der Waals surface area (Å²) < 4.78 is 1.55. The van der Waals surface area contributed by atoms with Crippen molar-refractivity contribution in [2.24, 2.45) is 7.05 Å². The molecule has 0 radical (unpaired) electrons. The van der Waals surface area contributed by atoms with E-state index in [1.54, 1.807) is 18.5 Å². The molecule has 4 nitrogen and oxygen atoms in total. The van der Waals surface area contributed by atoms with E-state index in [2.05, 4.69) is 4.98 Å². The van der Waals surface area contributed by atoms with Crippen LogP contribution >= 0.6 is 11.8 Å². The van der Waals surface area contributed by atoms with Gasteiger partial charge in [0.1, 0.15) is 0 Å². The molecule has 0 atom stereocenters. The fourth-order valence-electron chi connectivity index (χ4n) is 1.97. The number of hydrogen-bond acceptors (Lipinski definition) is 4. The van der Waals surface area contributed by atoms with E-state index in [9.17, 15) is 4.79 Å². The summed E-state index contributed by atoms with van der Waals surface area (Å²) >= 11 is 1.43. The van der Waals surface area contributed by atoms with Gasteiger partial charge in [-0.15, -0.1) is 0 Å². The van der Waals surface area contributed by atoms with Gasteiger partial charge in [-0.1, -0.05) is 11.8 Å². The number of fused-ring (bicyclic) bond motifs is 1. The molecule has 0 unspecified atom stereocenters. The van der Waals surface area contributed by atoms with Gasteiger partial charge in [0.15, 0.2) is 5.16 Å². The van der Waals surface area contributed by atoms with E-state index in [1.165, 1.54) is 11.8 Å². The molecule has 5 heteroatoms. The third-order valence-electron chi connectivity index (χ3n) is 2.87. The molecule has 0 spiro atoms. The number of hydrogen-bond donors (Lipinski definition) is 1. The van der Waals surface area contributed by atoms with Gasteiger partial charge in [-0.2, -0.15) is 0 Å². The van der Waals surface area contributed by atoms with Gasteiger partial charge < -0.3 is 5.41 Å². The number of aromatic nitrogens is 2. The first-order valence-corrected chi connectivity index (χ1v) is 6.79. The Hall–Kier alpha value is -1.62. The van der Waals surface area contributed by atoms with Crippen molar-refractivity contribution < 1.29 is 0 Å². The lowest BCUT2D eigenvalue weighted by atomic mass is 10.0. The molecule has 0 aliphatic carbocycles. The van der Waals surface area contributed by atoms with Gasteiger partial charge in [0.2, 0.25) is 0 Å². The second-order valence-electron chi connectivity index (χ2n) is 4.30. The molecule has 0 bridgehead atoms. The normalized spacial score (nSPS) is 10.9. The molecule has 2 aromatic rings. The molecule has 18 heavy (non-hydrogen) atoms. The SMILES string of the molecule is CSc1nc2c(C(C)=N)cc(C)cc2c(=O)n1C. The van der Waals surface area contributed by atoms with Crippen LogP contribution in [0.3, 0.4) is 0 Å². The Bertz CT molecular complexity index is 703. The van der Waals surface area contributed by atoms with Gasteiger partial charge in [0.05, 0.1) is 10.9 Å². The van der Waals surface area contributed by atoms with Gasteiger partial charge in [0, 0.05) is 18.3 Å². The van der Waals surface area contributed by atoms with Crippen LogP contribution in [0.1, 0.15) is 18.1 Å². The van der Waals surface area contributed by atoms with E-state index in [4.69, 9.17) is 5.41 Å². The average molecular weight is 261 g/mol. The van der Waals surface area contributed by atoms with Crippen molar-refractivity contribution in [2.75, 3.05) is 6.26 Å². The Morgan fingerprint density at radius 3 is 2.67 bits per heavy atom. The van der Waals surface area contributed by atoms with Crippen LogP contribution in [-0.4, -0.2) is 21.5 Å². The highest BCUT2D eigenvalue weighted by molar-refractivity contribution is 7.98. The Kier molecular flexibility index (Phi) is 3.26. The number of rotatable bonds is 2. The number of benzene rings is 1. The summed E-state index contributed by atoms with van der Waals surface area (Å²) in [5.41, 5.74) is 2.70. The predicted molar refractivity (Wildman–Crippen MR) is 76.0 cm³/mol. The van der Waals surface area contributed by atoms with Crippen molar-refractivity contribution in [3.63, 3.8) is 0 Å². The summed E-state index contributed by atoms with van der Waals surface area (Å²) in [6, 6.07) is 3.74. The zero-order valence-electron chi connectivity index (χ0n) is 10.9. The largest absolute Gasteiger partial charge is 0.305 e. The monoisotopic (exact) mass is 261 g/mol. The van der Waals surface area contributed by atoms with E-state index in [1.807, 2.05) is 25.3 Å². The first-order chi connectivity index (χ1) is 8.45. The van der Waals surface area contributed by atoms with Crippen LogP contribution in [-0.2, 0) is 7.05 Å². The summed E-state index contributed by atoms with van der Waals surface area (Å²) in [6.07, 6.45) is 1.89. The molecule has 1 N–H and O–H groups in total. The maximum absolute atomic E-state index is 12.3. The number of aryl methyl sites for hydroxylation is 1. The topological polar surface area (TPSA) is 58.7 Å². The lowest BCUT2D eigenvalue weighted by molar-refractivity contribution is 0.727. The van der Waals surface area contributed by atoms with E-state index in [0.29, 0.717) is 21.8 Å². The Balaban J connectivity index is 3.01. The van der Waals surface area contributed by atoms with Gasteiger partial charge >= 0.3 is 0 Å². The zero-order valence-corrected chi connectivity index (χ0v) is 11.7. The molecule has 0 saturated carbocycles. The van der Waals surface area contributed by atoms with Crippen molar-refractivity contribution in [3.05, 3.63) is 33.6 Å². The van der Waals surface area contributed by atoms with E-state index in [0.717, 1.165) is 11.1 Å². The standard InChI is InChI=1S/C13H15N3OS/c1-7-5-9(8(2)14)11-10(6-7)12(17)16(3)13(15-11)18-4/h5-6,14H,1-4H3. The minimum Gasteiger partial charge on any atom is -0.305 e. The summed E-state index contributed by atoms with van der Waals surface area (Å²) in [5.74, 6) is 0. The first kappa shape index (κ1) is 12.8. The summed E-state index contributed by atoms with van der Waals surface area (Å²) in [4.78, 5) is 16.8. The highest BCUT2D eigenvalue weighted by atomic mass is 32.2.